The Bertz CT molecular complexity index is 981. The first-order valence-electron chi connectivity index (χ1n) is 9.03. The number of likely N-dealkylation sites (tertiary alicyclic amines) is 1. The van der Waals surface area contributed by atoms with Crippen molar-refractivity contribution in [2.45, 2.75) is 12.8 Å². The van der Waals surface area contributed by atoms with Gasteiger partial charge in [0.05, 0.1) is 5.92 Å². The van der Waals surface area contributed by atoms with Crippen molar-refractivity contribution in [3.05, 3.63) is 65.3 Å². The molecule has 1 aliphatic heterocycles. The number of carbonyl (C=O) groups is 2. The van der Waals surface area contributed by atoms with E-state index < -0.39 is 0 Å². The first-order valence-corrected chi connectivity index (χ1v) is 9.41. The first kappa shape index (κ1) is 17.6. The number of hydrogen-bond donors (Lipinski definition) is 2. The molecule has 27 heavy (non-hydrogen) atoms. The Morgan fingerprint density at radius 2 is 1.93 bits per heavy atom. The van der Waals surface area contributed by atoms with Crippen LogP contribution in [0, 0.1) is 5.92 Å². The number of H-pyrrole nitrogens is 1. The van der Waals surface area contributed by atoms with Crippen LogP contribution in [0.3, 0.4) is 0 Å². The molecule has 6 heteroatoms. The Hall–Kier alpha value is -2.79. The molecule has 2 aromatic carbocycles. The van der Waals surface area contributed by atoms with Crippen molar-refractivity contribution in [2.75, 3.05) is 18.4 Å². The molecule has 0 radical (unpaired) electrons. The van der Waals surface area contributed by atoms with Crippen LogP contribution < -0.4 is 5.32 Å². The summed E-state index contributed by atoms with van der Waals surface area (Å²) in [6, 6.07) is 14.6. The third kappa shape index (κ3) is 3.83. The van der Waals surface area contributed by atoms with Crippen molar-refractivity contribution in [3.63, 3.8) is 0 Å². The molecular formula is C21H20ClN3O2. The Morgan fingerprint density at radius 3 is 2.74 bits per heavy atom. The van der Waals surface area contributed by atoms with Crippen LogP contribution in [0.5, 0.6) is 0 Å². The number of piperidine rings is 1. The lowest BCUT2D eigenvalue weighted by molar-refractivity contribution is -0.121. The standard InChI is InChI=1S/C21H20ClN3O2/c22-17-4-6-18(7-5-17)24-20(26)16-2-1-11-25(13-16)21(27)15-3-8-19-14(12-15)9-10-23-19/h3-10,12,16,23H,1-2,11,13H2,(H,24,26)/t16-/m0/s1. The number of nitrogens with zero attached hydrogens (tertiary/aromatic N) is 1. The minimum Gasteiger partial charge on any atom is -0.361 e. The van der Waals surface area contributed by atoms with Gasteiger partial charge in [0.25, 0.3) is 5.91 Å². The Labute approximate surface area is 162 Å². The van der Waals surface area contributed by atoms with E-state index in [1.807, 2.05) is 30.5 Å². The van der Waals surface area contributed by atoms with Crippen molar-refractivity contribution < 1.29 is 9.59 Å². The molecule has 4 rings (SSSR count). The van der Waals surface area contributed by atoms with E-state index >= 15 is 0 Å². The molecule has 0 spiro atoms. The summed E-state index contributed by atoms with van der Waals surface area (Å²) in [5.74, 6) is -0.299. The highest BCUT2D eigenvalue weighted by atomic mass is 35.5. The van der Waals surface area contributed by atoms with Gasteiger partial charge in [-0.05, 0) is 61.4 Å². The van der Waals surface area contributed by atoms with Gasteiger partial charge in [-0.3, -0.25) is 9.59 Å². The quantitative estimate of drug-likeness (QED) is 0.709. The fourth-order valence-corrected chi connectivity index (χ4v) is 3.65. The Morgan fingerprint density at radius 1 is 1.11 bits per heavy atom. The summed E-state index contributed by atoms with van der Waals surface area (Å²) in [7, 11) is 0. The molecule has 1 atom stereocenters. The molecule has 1 aliphatic rings. The molecule has 0 saturated carbocycles. The third-order valence-electron chi connectivity index (χ3n) is 4.99. The number of amides is 2. The number of halogens is 1. The molecule has 1 aromatic heterocycles. The number of benzene rings is 2. The molecule has 0 unspecified atom stereocenters. The summed E-state index contributed by atoms with van der Waals surface area (Å²) < 4.78 is 0. The summed E-state index contributed by atoms with van der Waals surface area (Å²) in [6.45, 7) is 1.11. The molecule has 2 amide bonds. The van der Waals surface area contributed by atoms with Gasteiger partial charge in [-0.2, -0.15) is 0 Å². The van der Waals surface area contributed by atoms with Crippen LogP contribution in [0.4, 0.5) is 5.69 Å². The van der Waals surface area contributed by atoms with E-state index in [0.29, 0.717) is 29.4 Å². The summed E-state index contributed by atoms with van der Waals surface area (Å²) in [5.41, 5.74) is 2.37. The average molecular weight is 382 g/mol. The maximum absolute atomic E-state index is 12.9. The second kappa shape index (κ2) is 7.45. The second-order valence-electron chi connectivity index (χ2n) is 6.87. The Balaban J connectivity index is 1.44. The predicted molar refractivity (Wildman–Crippen MR) is 107 cm³/mol. The average Bonchev–Trinajstić information content (AvgIpc) is 3.17. The van der Waals surface area contributed by atoms with Crippen LogP contribution in [0.25, 0.3) is 10.9 Å². The zero-order valence-corrected chi connectivity index (χ0v) is 15.5. The summed E-state index contributed by atoms with van der Waals surface area (Å²) >= 11 is 5.88. The molecule has 2 heterocycles. The highest BCUT2D eigenvalue weighted by Gasteiger charge is 2.29. The van der Waals surface area contributed by atoms with Gasteiger partial charge in [0.15, 0.2) is 0 Å². The lowest BCUT2D eigenvalue weighted by Gasteiger charge is -2.32. The van der Waals surface area contributed by atoms with Crippen molar-refractivity contribution in [1.82, 2.24) is 9.88 Å². The molecule has 0 aliphatic carbocycles. The molecule has 5 nitrogen and oxygen atoms in total. The zero-order valence-electron chi connectivity index (χ0n) is 14.7. The van der Waals surface area contributed by atoms with Crippen LogP contribution in [0.2, 0.25) is 5.02 Å². The first-order chi connectivity index (χ1) is 13.1. The van der Waals surface area contributed by atoms with Gasteiger partial charge in [0.2, 0.25) is 5.91 Å². The minimum absolute atomic E-state index is 0.0258. The van der Waals surface area contributed by atoms with Gasteiger partial charge in [0.1, 0.15) is 0 Å². The number of anilines is 1. The van der Waals surface area contributed by atoms with E-state index in [1.54, 1.807) is 29.2 Å². The molecule has 0 bridgehead atoms. The maximum Gasteiger partial charge on any atom is 0.253 e. The highest BCUT2D eigenvalue weighted by Crippen LogP contribution is 2.22. The van der Waals surface area contributed by atoms with E-state index in [0.717, 1.165) is 23.7 Å². The number of nitrogens with one attached hydrogen (secondary N) is 2. The van der Waals surface area contributed by atoms with E-state index in [2.05, 4.69) is 10.3 Å². The van der Waals surface area contributed by atoms with Crippen LogP contribution >= 0.6 is 11.6 Å². The van der Waals surface area contributed by atoms with E-state index in [9.17, 15) is 9.59 Å². The molecular weight excluding hydrogens is 362 g/mol. The van der Waals surface area contributed by atoms with Crippen molar-refractivity contribution in [2.24, 2.45) is 5.92 Å². The number of aromatic amines is 1. The van der Waals surface area contributed by atoms with E-state index in [1.165, 1.54) is 0 Å². The van der Waals surface area contributed by atoms with Gasteiger partial charge in [-0.25, -0.2) is 0 Å². The summed E-state index contributed by atoms with van der Waals surface area (Å²) in [6.07, 6.45) is 3.45. The number of rotatable bonds is 3. The zero-order chi connectivity index (χ0) is 18.8. The van der Waals surface area contributed by atoms with Gasteiger partial charge in [-0.15, -0.1) is 0 Å². The molecule has 138 valence electrons. The Kier molecular flexibility index (Phi) is 4.86. The topological polar surface area (TPSA) is 65.2 Å². The van der Waals surface area contributed by atoms with Crippen molar-refractivity contribution in [1.29, 1.82) is 0 Å². The van der Waals surface area contributed by atoms with Gasteiger partial charge < -0.3 is 15.2 Å². The second-order valence-corrected chi connectivity index (χ2v) is 7.30. The third-order valence-corrected chi connectivity index (χ3v) is 5.24. The largest absolute Gasteiger partial charge is 0.361 e. The predicted octanol–water partition coefficient (Wildman–Crippen LogP) is 4.31. The van der Waals surface area contributed by atoms with E-state index in [-0.39, 0.29) is 17.7 Å². The summed E-state index contributed by atoms with van der Waals surface area (Å²) in [4.78, 5) is 30.4. The molecule has 1 fully saturated rings. The van der Waals surface area contributed by atoms with Gasteiger partial charge in [-0.1, -0.05) is 11.6 Å². The van der Waals surface area contributed by atoms with Gasteiger partial charge >= 0.3 is 0 Å². The monoisotopic (exact) mass is 381 g/mol. The van der Waals surface area contributed by atoms with Crippen LogP contribution in [0.15, 0.2) is 54.7 Å². The molecule has 1 saturated heterocycles. The van der Waals surface area contributed by atoms with Crippen LogP contribution in [-0.2, 0) is 4.79 Å². The fraction of sp³-hybridized carbons (Fsp3) is 0.238. The molecule has 3 aromatic rings. The highest BCUT2D eigenvalue weighted by molar-refractivity contribution is 6.30. The lowest BCUT2D eigenvalue weighted by atomic mass is 9.96. The smallest absolute Gasteiger partial charge is 0.253 e. The van der Waals surface area contributed by atoms with Crippen molar-refractivity contribution >= 4 is 40.0 Å². The van der Waals surface area contributed by atoms with E-state index in [4.69, 9.17) is 11.6 Å². The fourth-order valence-electron chi connectivity index (χ4n) is 3.52. The maximum atomic E-state index is 12.9. The normalized spacial score (nSPS) is 17.1. The number of fused-ring (bicyclic) bond motifs is 1. The molecule has 2 N–H and O–H groups in total. The number of hydrogen-bond acceptors (Lipinski definition) is 2. The summed E-state index contributed by atoms with van der Waals surface area (Å²) in [5, 5.41) is 4.55. The number of aromatic nitrogens is 1. The van der Waals surface area contributed by atoms with Crippen molar-refractivity contribution in [3.8, 4) is 0 Å². The van der Waals surface area contributed by atoms with Crippen LogP contribution in [0.1, 0.15) is 23.2 Å². The minimum atomic E-state index is -0.214. The lowest BCUT2D eigenvalue weighted by Crippen LogP contribution is -2.43. The van der Waals surface area contributed by atoms with Crippen LogP contribution in [-0.4, -0.2) is 34.8 Å². The SMILES string of the molecule is O=C(Nc1ccc(Cl)cc1)[C@H]1CCCN(C(=O)c2ccc3[nH]ccc3c2)C1. The van der Waals surface area contributed by atoms with Gasteiger partial charge in [0, 0.05) is 46.5 Å². The number of carbonyl (C=O) groups excluding carboxylic acids is 2.